The van der Waals surface area contributed by atoms with E-state index in [-0.39, 0.29) is 19.1 Å². The zero-order valence-electron chi connectivity index (χ0n) is 37.3. The Morgan fingerprint density at radius 3 is 1.61 bits per heavy atom. The highest BCUT2D eigenvalue weighted by Crippen LogP contribution is 2.43. The molecule has 0 saturated heterocycles. The summed E-state index contributed by atoms with van der Waals surface area (Å²) in [6.45, 7) is 4.59. The number of carbonyl (C=O) groups is 1. The van der Waals surface area contributed by atoms with Crippen LogP contribution in [-0.2, 0) is 18.4 Å². The molecule has 0 aliphatic rings. The molecular formula is C48H88N2O6P+. The van der Waals surface area contributed by atoms with Crippen LogP contribution in [0, 0.1) is 0 Å². The second kappa shape index (κ2) is 39.4. The molecule has 57 heavy (non-hydrogen) atoms. The molecule has 0 aromatic rings. The summed E-state index contributed by atoms with van der Waals surface area (Å²) in [6.07, 6.45) is 52.9. The number of amides is 1. The molecule has 8 nitrogen and oxygen atoms in total. The van der Waals surface area contributed by atoms with Gasteiger partial charge in [0.1, 0.15) is 13.2 Å². The Labute approximate surface area is 351 Å². The van der Waals surface area contributed by atoms with E-state index in [2.05, 4.69) is 79.9 Å². The van der Waals surface area contributed by atoms with Gasteiger partial charge in [0.2, 0.25) is 5.91 Å². The SMILES string of the molecule is CC/C=C\C/C=C\C/C=C\C/C=C\CCCCCCCCCCCCCCCCC(=O)NC(COP(=O)(O)OCC[N+](C)(C)C)C(O)/C=C/CC/C=C/CCCC. The molecule has 330 valence electrons. The fraction of sp³-hybridized carbons (Fsp3) is 0.729. The number of unbranched alkanes of at least 4 members (excludes halogenated alkanes) is 17. The highest BCUT2D eigenvalue weighted by molar-refractivity contribution is 7.47. The lowest BCUT2D eigenvalue weighted by Crippen LogP contribution is -2.45. The minimum Gasteiger partial charge on any atom is -0.387 e. The maximum atomic E-state index is 12.8. The van der Waals surface area contributed by atoms with Crippen LogP contribution in [0.5, 0.6) is 0 Å². The third kappa shape index (κ3) is 41.9. The number of nitrogens with one attached hydrogen (secondary N) is 1. The van der Waals surface area contributed by atoms with Gasteiger partial charge in [-0.25, -0.2) is 4.57 Å². The topological polar surface area (TPSA) is 105 Å². The fourth-order valence-corrected chi connectivity index (χ4v) is 6.77. The number of nitrogens with zero attached hydrogens (tertiary/aromatic N) is 1. The van der Waals surface area contributed by atoms with Gasteiger partial charge in [-0.3, -0.25) is 13.8 Å². The van der Waals surface area contributed by atoms with Crippen molar-refractivity contribution in [2.45, 2.75) is 187 Å². The average molecular weight is 820 g/mol. The van der Waals surface area contributed by atoms with E-state index in [1.807, 2.05) is 27.2 Å². The van der Waals surface area contributed by atoms with Crippen LogP contribution < -0.4 is 5.32 Å². The van der Waals surface area contributed by atoms with Gasteiger partial charge >= 0.3 is 7.82 Å². The summed E-state index contributed by atoms with van der Waals surface area (Å²) >= 11 is 0. The number of aliphatic hydroxyl groups is 1. The maximum Gasteiger partial charge on any atom is 0.472 e. The van der Waals surface area contributed by atoms with Gasteiger partial charge in [0.25, 0.3) is 0 Å². The zero-order valence-corrected chi connectivity index (χ0v) is 38.2. The lowest BCUT2D eigenvalue weighted by Gasteiger charge is -2.25. The summed E-state index contributed by atoms with van der Waals surface area (Å²) in [5.74, 6) is -0.195. The first-order valence-electron chi connectivity index (χ1n) is 22.8. The first kappa shape index (κ1) is 54.9. The monoisotopic (exact) mass is 820 g/mol. The zero-order chi connectivity index (χ0) is 42.1. The van der Waals surface area contributed by atoms with Crippen LogP contribution in [-0.4, -0.2) is 73.4 Å². The molecule has 0 rings (SSSR count). The smallest absolute Gasteiger partial charge is 0.387 e. The van der Waals surface area contributed by atoms with E-state index in [9.17, 15) is 19.4 Å². The number of phosphoric acid groups is 1. The first-order chi connectivity index (χ1) is 27.5. The molecule has 0 fully saturated rings. The number of likely N-dealkylation sites (N-methyl/N-ethyl adjacent to an activating group) is 1. The van der Waals surface area contributed by atoms with E-state index < -0.39 is 20.0 Å². The third-order valence-corrected chi connectivity index (χ3v) is 10.6. The van der Waals surface area contributed by atoms with Crippen LogP contribution in [0.2, 0.25) is 0 Å². The van der Waals surface area contributed by atoms with Gasteiger partial charge < -0.3 is 19.8 Å². The van der Waals surface area contributed by atoms with Crippen molar-refractivity contribution in [1.29, 1.82) is 0 Å². The molecule has 9 heteroatoms. The van der Waals surface area contributed by atoms with Gasteiger partial charge in [0.05, 0.1) is 39.9 Å². The Morgan fingerprint density at radius 1 is 0.614 bits per heavy atom. The number of allylic oxidation sites excluding steroid dienone is 11. The van der Waals surface area contributed by atoms with E-state index >= 15 is 0 Å². The fourth-order valence-electron chi connectivity index (χ4n) is 6.03. The summed E-state index contributed by atoms with van der Waals surface area (Å²) in [5, 5.41) is 13.7. The summed E-state index contributed by atoms with van der Waals surface area (Å²) in [4.78, 5) is 23.0. The quantitative estimate of drug-likeness (QED) is 0.0246. The Kier molecular flexibility index (Phi) is 38.0. The highest BCUT2D eigenvalue weighted by Gasteiger charge is 2.27. The van der Waals surface area contributed by atoms with E-state index in [1.54, 1.807) is 6.08 Å². The molecule has 0 aliphatic heterocycles. The maximum absolute atomic E-state index is 12.8. The van der Waals surface area contributed by atoms with Gasteiger partial charge in [-0.1, -0.05) is 177 Å². The molecule has 0 saturated carbocycles. The minimum absolute atomic E-state index is 0.0531. The van der Waals surface area contributed by atoms with Crippen molar-refractivity contribution in [3.63, 3.8) is 0 Å². The predicted molar refractivity (Wildman–Crippen MR) is 244 cm³/mol. The Balaban J connectivity index is 4.11. The molecule has 0 aromatic heterocycles. The molecule has 3 N–H and O–H groups in total. The first-order valence-corrected chi connectivity index (χ1v) is 24.3. The second-order valence-electron chi connectivity index (χ2n) is 16.4. The minimum atomic E-state index is -4.34. The molecule has 3 unspecified atom stereocenters. The number of phosphoric ester groups is 1. The van der Waals surface area contributed by atoms with Crippen LogP contribution in [0.3, 0.4) is 0 Å². The second-order valence-corrected chi connectivity index (χ2v) is 17.8. The summed E-state index contributed by atoms with van der Waals surface area (Å²) in [5.41, 5.74) is 0. The van der Waals surface area contributed by atoms with Crippen molar-refractivity contribution >= 4 is 13.7 Å². The molecular weight excluding hydrogens is 732 g/mol. The predicted octanol–water partition coefficient (Wildman–Crippen LogP) is 12.8. The van der Waals surface area contributed by atoms with Gasteiger partial charge in [-0.15, -0.1) is 0 Å². The largest absolute Gasteiger partial charge is 0.472 e. The van der Waals surface area contributed by atoms with Crippen molar-refractivity contribution in [2.75, 3.05) is 40.9 Å². The van der Waals surface area contributed by atoms with Crippen molar-refractivity contribution in [2.24, 2.45) is 0 Å². The van der Waals surface area contributed by atoms with Crippen LogP contribution in [0.15, 0.2) is 72.9 Å². The van der Waals surface area contributed by atoms with Gasteiger partial charge in [-0.2, -0.15) is 0 Å². The summed E-state index contributed by atoms with van der Waals surface area (Å²) in [6, 6.07) is -0.863. The Bertz CT molecular complexity index is 1160. The molecule has 0 bridgehead atoms. The number of aliphatic hydroxyl groups excluding tert-OH is 1. The van der Waals surface area contributed by atoms with Gasteiger partial charge in [0.15, 0.2) is 0 Å². The number of hydrogen-bond acceptors (Lipinski definition) is 5. The normalized spacial score (nSPS) is 15.0. The molecule has 1 amide bonds. The van der Waals surface area contributed by atoms with Crippen LogP contribution >= 0.6 is 7.82 Å². The molecule has 0 radical (unpaired) electrons. The van der Waals surface area contributed by atoms with E-state index in [4.69, 9.17) is 9.05 Å². The van der Waals surface area contributed by atoms with Gasteiger partial charge in [-0.05, 0) is 64.2 Å². The standard InChI is InChI=1S/C48H87N2O6P/c1-6-8-10-12-14-16-17-18-19-20-21-22-23-24-25-26-27-28-29-30-31-32-33-34-36-38-40-42-48(52)49-46(45-56-57(53,54)55-44-43-50(3,4)5)47(51)41-39-37-35-15-13-11-9-7-2/h8,10,13-16,18-19,21-22,39,41,46-47,51H,6-7,9,11-12,17,20,23-38,40,42-45H2,1-5H3,(H-,49,52,53,54)/p+1/b10-8-,15-13+,16-14-,19-18-,22-21-,41-39+. The van der Waals surface area contributed by atoms with E-state index in [0.29, 0.717) is 17.4 Å². The van der Waals surface area contributed by atoms with Crippen molar-refractivity contribution in [3.05, 3.63) is 72.9 Å². The number of hydrogen-bond donors (Lipinski definition) is 3. The highest BCUT2D eigenvalue weighted by atomic mass is 31.2. The van der Waals surface area contributed by atoms with Crippen molar-refractivity contribution < 1.29 is 32.9 Å². The molecule has 0 spiro atoms. The molecule has 0 aromatic carbocycles. The number of quaternary nitrogens is 1. The Morgan fingerprint density at radius 2 is 1.07 bits per heavy atom. The van der Waals surface area contributed by atoms with Crippen LogP contribution in [0.4, 0.5) is 0 Å². The molecule has 3 atom stereocenters. The average Bonchev–Trinajstić information content (AvgIpc) is 3.16. The Hall–Kier alpha value is -2.06. The van der Waals surface area contributed by atoms with Crippen molar-refractivity contribution in [3.8, 4) is 0 Å². The van der Waals surface area contributed by atoms with Gasteiger partial charge in [0, 0.05) is 6.42 Å². The van der Waals surface area contributed by atoms with E-state index in [0.717, 1.165) is 64.2 Å². The lowest BCUT2D eigenvalue weighted by atomic mass is 10.0. The number of carbonyl (C=O) groups excluding carboxylic acids is 1. The molecule has 0 heterocycles. The number of rotatable bonds is 40. The molecule has 0 aliphatic carbocycles. The van der Waals surface area contributed by atoms with E-state index in [1.165, 1.54) is 89.9 Å². The van der Waals surface area contributed by atoms with Crippen molar-refractivity contribution in [1.82, 2.24) is 5.32 Å². The van der Waals surface area contributed by atoms with Crippen LogP contribution in [0.1, 0.15) is 174 Å². The summed E-state index contributed by atoms with van der Waals surface area (Å²) < 4.78 is 23.4. The lowest BCUT2D eigenvalue weighted by molar-refractivity contribution is -0.870. The third-order valence-electron chi connectivity index (χ3n) is 9.66. The van der Waals surface area contributed by atoms with Crippen LogP contribution in [0.25, 0.3) is 0 Å². The summed E-state index contributed by atoms with van der Waals surface area (Å²) in [7, 11) is 1.54.